The zero-order valence-corrected chi connectivity index (χ0v) is 54.7. The molecule has 23 nitrogen and oxygen atoms in total. The number of halogens is 3. The number of hydrogen-bond acceptors (Lipinski definition) is 16. The number of fused-ring (bicyclic) bond motifs is 9. The second-order valence-corrected chi connectivity index (χ2v) is 22.0. The van der Waals surface area contributed by atoms with Gasteiger partial charge in [0.25, 0.3) is 5.69 Å². The molecule has 15 rings (SSSR count). The monoisotopic (exact) mass is 1320 g/mol. The number of non-ortho nitro benzene ring substituents is 1. The molecule has 3 N–H and O–H groups in total. The van der Waals surface area contributed by atoms with E-state index < -0.39 is 22.7 Å². The van der Waals surface area contributed by atoms with Gasteiger partial charge in [-0.25, -0.2) is 14.4 Å². The number of nitrogens with one attached hydrogen (secondary N) is 3. The summed E-state index contributed by atoms with van der Waals surface area (Å²) in [6.45, 7) is 21.3. The van der Waals surface area contributed by atoms with E-state index in [0.717, 1.165) is 94.7 Å². The Morgan fingerprint density at radius 3 is 1.40 bits per heavy atom. The van der Waals surface area contributed by atoms with Crippen molar-refractivity contribution in [1.82, 2.24) is 59.1 Å². The fraction of sp³-hybridized carbons (Fsp3) is 0.197. The Balaban J connectivity index is 0.000000144. The molecule has 97 heavy (non-hydrogen) atoms. The first-order valence-corrected chi connectivity index (χ1v) is 30.7. The van der Waals surface area contributed by atoms with Crippen molar-refractivity contribution < 1.29 is 41.1 Å². The van der Waals surface area contributed by atoms with Crippen LogP contribution in [0.25, 0.3) is 111 Å². The molecule has 0 radical (unpaired) electrons. The Morgan fingerprint density at radius 1 is 0.526 bits per heavy atom. The molecule has 0 aliphatic carbocycles. The summed E-state index contributed by atoms with van der Waals surface area (Å²) in [5.41, 5.74) is 15.5. The van der Waals surface area contributed by atoms with Gasteiger partial charge in [0.1, 0.15) is 28.8 Å². The van der Waals surface area contributed by atoms with Crippen LogP contribution >= 0.6 is 0 Å². The topological polar surface area (TPSA) is 292 Å². The van der Waals surface area contributed by atoms with Crippen LogP contribution in [0.5, 0.6) is 11.5 Å². The van der Waals surface area contributed by atoms with Crippen molar-refractivity contribution in [1.29, 1.82) is 0 Å². The van der Waals surface area contributed by atoms with Crippen LogP contribution in [0.2, 0.25) is 0 Å². The standard InChI is InChI=1S/C23H17F3N4O3.C22H17N5O5.C22H18N4O2.2C2H6/c1-12-20(13(2)33-29-12)15-6-7-17-18(9-15)27-10-19-21(17)30(22(31)28-19)11-14-4-3-5-16(8-14)32-23(24,25)26;1-11-20(12(2)32-25-11)13-4-6-15-16(8-13)23-10-17-21(15)26(22(28)24-17)18-7-5-14(27(29)30)9-19(18)31-3;1-12-6-4-5-7-19(12)26-21-16-9-8-15(20-13(2)25-28-14(20)3)10-17(16)23-11-18(21)24-22(26)27;2*1-2/h3-10H,11H2,1-2H3,(H,28,31);4-10H,1-3H3,(H,24,28);4-11H,1-3H3,(H,24,27);2*1-2H3. The number of nitro groups is 1. The van der Waals surface area contributed by atoms with E-state index in [1.807, 2.05) is 155 Å². The fourth-order valence-corrected chi connectivity index (χ4v) is 12.0. The number of benzene rings is 6. The molecule has 0 aliphatic rings. The molecular weight excluding hydrogens is 1250 g/mol. The number of imidazole rings is 3. The minimum atomic E-state index is -4.79. The van der Waals surface area contributed by atoms with E-state index in [0.29, 0.717) is 61.4 Å². The van der Waals surface area contributed by atoms with Gasteiger partial charge in [-0.3, -0.25) is 38.8 Å². The average Bonchev–Trinajstić information content (AvgIpc) is 1.65. The Hall–Kier alpha value is -12.2. The number of aromatic amines is 3. The number of nitrogens with zero attached hydrogens (tertiary/aromatic N) is 10. The SMILES string of the molecule is CC.CC.COc1cc([N+](=O)[O-])ccc1-n1c(=O)[nH]c2cnc3cc(-c4c(C)noc4C)ccc3c21.Cc1ccccc1-n1c(=O)[nH]c2cnc3cc(-c4c(C)noc4C)ccc3c21.Cc1noc(C)c1-c1ccc2c(c1)ncc1[nH]c(=O)n(Cc3cccc(OC(F)(F)F)c3)c12. The minimum Gasteiger partial charge on any atom is -0.494 e. The summed E-state index contributed by atoms with van der Waals surface area (Å²) in [6.07, 6.45) is 0.0718. The van der Waals surface area contributed by atoms with Gasteiger partial charge in [0.05, 0.1) is 121 Å². The van der Waals surface area contributed by atoms with Gasteiger partial charge in [-0.05, 0) is 131 Å². The molecule has 26 heteroatoms. The highest BCUT2D eigenvalue weighted by Crippen LogP contribution is 2.37. The van der Waals surface area contributed by atoms with Crippen molar-refractivity contribution >= 4 is 71.5 Å². The Bertz CT molecular complexity index is 5630. The molecule has 9 aromatic heterocycles. The van der Waals surface area contributed by atoms with Crippen molar-refractivity contribution in [2.45, 2.75) is 89.1 Å². The third-order valence-corrected chi connectivity index (χ3v) is 16.0. The maximum absolute atomic E-state index is 12.9. The molecule has 0 atom stereocenters. The number of hydrogen-bond donors (Lipinski definition) is 3. The summed E-state index contributed by atoms with van der Waals surface area (Å²) in [5.74, 6) is 2.03. The van der Waals surface area contributed by atoms with Gasteiger partial charge in [0.2, 0.25) is 0 Å². The molecule has 0 unspecified atom stereocenters. The third kappa shape index (κ3) is 12.7. The maximum atomic E-state index is 12.9. The molecule has 15 aromatic rings. The quantitative estimate of drug-likeness (QED) is 0.0847. The highest BCUT2D eigenvalue weighted by atomic mass is 19.4. The van der Waals surface area contributed by atoms with Gasteiger partial charge in [-0.2, -0.15) is 0 Å². The first-order valence-electron chi connectivity index (χ1n) is 30.7. The molecule has 0 fully saturated rings. The van der Waals surface area contributed by atoms with Gasteiger partial charge >= 0.3 is 23.4 Å². The number of rotatable bonds is 10. The Kier molecular flexibility index (Phi) is 18.4. The minimum absolute atomic E-state index is 0.0542. The van der Waals surface area contributed by atoms with Crippen molar-refractivity contribution in [3.8, 4) is 56.3 Å². The molecule has 0 saturated carbocycles. The summed E-state index contributed by atoms with van der Waals surface area (Å²) >= 11 is 0. The zero-order chi connectivity index (χ0) is 69.3. The summed E-state index contributed by atoms with van der Waals surface area (Å²) in [6, 6.07) is 34.9. The molecule has 6 aromatic carbocycles. The van der Waals surface area contributed by atoms with Crippen LogP contribution in [0, 0.1) is 58.6 Å². The fourth-order valence-electron chi connectivity index (χ4n) is 12.0. The summed E-state index contributed by atoms with van der Waals surface area (Å²) in [4.78, 5) is 71.0. The molecule has 0 aliphatic heterocycles. The second kappa shape index (κ2) is 27.0. The number of ether oxygens (including phenoxy) is 2. The first-order chi connectivity index (χ1) is 46.6. The number of nitro benzene ring substituents is 1. The van der Waals surface area contributed by atoms with E-state index >= 15 is 0 Å². The van der Waals surface area contributed by atoms with Crippen molar-refractivity contribution in [3.63, 3.8) is 0 Å². The number of H-pyrrole nitrogens is 3. The van der Waals surface area contributed by atoms with E-state index in [-0.39, 0.29) is 29.4 Å². The summed E-state index contributed by atoms with van der Waals surface area (Å²) < 4.78 is 67.6. The molecule has 0 bridgehead atoms. The largest absolute Gasteiger partial charge is 0.573 e. The lowest BCUT2D eigenvalue weighted by Crippen LogP contribution is -2.18. The highest BCUT2D eigenvalue weighted by molar-refractivity contribution is 6.06. The van der Waals surface area contributed by atoms with Crippen molar-refractivity contribution in [2.24, 2.45) is 0 Å². The van der Waals surface area contributed by atoms with Crippen LogP contribution in [-0.4, -0.2) is 77.5 Å². The smallest absolute Gasteiger partial charge is 0.494 e. The van der Waals surface area contributed by atoms with Crippen LogP contribution in [0.1, 0.15) is 73.2 Å². The van der Waals surface area contributed by atoms with Gasteiger partial charge < -0.3 is 38.0 Å². The second-order valence-electron chi connectivity index (χ2n) is 22.0. The molecule has 494 valence electrons. The van der Waals surface area contributed by atoms with Crippen LogP contribution < -0.4 is 26.5 Å². The Labute approximate surface area is 548 Å². The van der Waals surface area contributed by atoms with E-state index in [4.69, 9.17) is 18.3 Å². The third-order valence-electron chi connectivity index (χ3n) is 16.0. The number of pyridine rings is 3. The normalized spacial score (nSPS) is 11.3. The first kappa shape index (κ1) is 66.2. The van der Waals surface area contributed by atoms with Gasteiger partial charge in [0, 0.05) is 38.9 Å². The average molecular weight is 1320 g/mol. The van der Waals surface area contributed by atoms with E-state index in [2.05, 4.69) is 50.1 Å². The van der Waals surface area contributed by atoms with Crippen LogP contribution in [0.4, 0.5) is 18.9 Å². The number of aryl methyl sites for hydroxylation is 7. The number of aromatic nitrogens is 12. The molecule has 0 amide bonds. The number of para-hydroxylation sites is 1. The Morgan fingerprint density at radius 2 is 0.969 bits per heavy atom. The molecule has 0 saturated heterocycles. The molecule has 0 spiro atoms. The van der Waals surface area contributed by atoms with Crippen molar-refractivity contribution in [2.75, 3.05) is 7.11 Å². The molecule has 9 heterocycles. The van der Waals surface area contributed by atoms with E-state index in [1.54, 1.807) is 29.2 Å². The van der Waals surface area contributed by atoms with Crippen LogP contribution in [0.3, 0.4) is 0 Å². The van der Waals surface area contributed by atoms with E-state index in [9.17, 15) is 37.7 Å². The summed E-state index contributed by atoms with van der Waals surface area (Å²) in [5, 5.41) is 25.6. The molecular formula is C71H64F3N13O10. The summed E-state index contributed by atoms with van der Waals surface area (Å²) in [7, 11) is 1.40. The van der Waals surface area contributed by atoms with Crippen LogP contribution in [-0.2, 0) is 6.54 Å². The predicted octanol–water partition coefficient (Wildman–Crippen LogP) is 15.7. The van der Waals surface area contributed by atoms with Gasteiger partial charge in [0.15, 0.2) is 0 Å². The lowest BCUT2D eigenvalue weighted by molar-refractivity contribution is -0.384. The predicted molar refractivity (Wildman–Crippen MR) is 364 cm³/mol. The van der Waals surface area contributed by atoms with Crippen LogP contribution in [0.15, 0.2) is 168 Å². The zero-order valence-electron chi connectivity index (χ0n) is 54.7. The van der Waals surface area contributed by atoms with Gasteiger partial charge in [-0.15, -0.1) is 13.2 Å². The van der Waals surface area contributed by atoms with Gasteiger partial charge in [-0.1, -0.05) is 97.8 Å². The number of methoxy groups -OCH3 is 1. The van der Waals surface area contributed by atoms with Crippen molar-refractivity contribution in [3.05, 3.63) is 227 Å². The highest BCUT2D eigenvalue weighted by Gasteiger charge is 2.31. The lowest BCUT2D eigenvalue weighted by Gasteiger charge is -2.11. The maximum Gasteiger partial charge on any atom is 0.573 e. The van der Waals surface area contributed by atoms with E-state index in [1.165, 1.54) is 52.6 Å². The lowest BCUT2D eigenvalue weighted by atomic mass is 10.0. The number of alkyl halides is 3.